The Balaban J connectivity index is 1.01. The number of sulfone groups is 1. The Morgan fingerprint density at radius 2 is 1.59 bits per heavy atom. The number of anilines is 1. The molecule has 3 aromatic carbocycles. The Hall–Kier alpha value is -4.07. The lowest BCUT2D eigenvalue weighted by molar-refractivity contribution is 0.0223. The standard InChI is InChI=1S/C41H51F2N5O5S/c1-44-39(49)29-10-12-33(13-11-29)54(51,52)34-14-15-38(36(43)23-34)48-25-28(26-48)24-46-20-16-30(17-21-46)41(27-47-18-5-19-47,31-6-3-7-32(42)22-31)35-8-4-9-37(35)45-40(50)53-2/h3,6-7,10-15,22-23,28,30,35,37H,4-5,8-9,16-21,24-27H2,1-2H3,(H,44,49)(H,45,50)/t35-,37-,41-/m0/s1. The number of benzene rings is 3. The van der Waals surface area contributed by atoms with Gasteiger partial charge in [-0.3, -0.25) is 4.79 Å². The summed E-state index contributed by atoms with van der Waals surface area (Å²) in [6, 6.07) is 16.8. The second-order valence-electron chi connectivity index (χ2n) is 15.5. The molecule has 10 nitrogen and oxygen atoms in total. The van der Waals surface area contributed by atoms with E-state index in [1.165, 1.54) is 56.6 Å². The third-order valence-corrected chi connectivity index (χ3v) is 14.2. The third-order valence-electron chi connectivity index (χ3n) is 12.5. The van der Waals surface area contributed by atoms with Crippen LogP contribution in [0.1, 0.15) is 54.4 Å². The zero-order valence-electron chi connectivity index (χ0n) is 31.1. The molecule has 2 amide bonds. The summed E-state index contributed by atoms with van der Waals surface area (Å²) in [7, 11) is -1.07. The topological polar surface area (TPSA) is 111 Å². The van der Waals surface area contributed by atoms with E-state index in [1.54, 1.807) is 6.07 Å². The van der Waals surface area contributed by atoms with E-state index < -0.39 is 21.7 Å². The highest BCUT2D eigenvalue weighted by Crippen LogP contribution is 2.51. The van der Waals surface area contributed by atoms with Crippen LogP contribution in [-0.2, 0) is 20.0 Å². The molecule has 0 aromatic heterocycles. The Bertz CT molecular complexity index is 1930. The quantitative estimate of drug-likeness (QED) is 0.250. The maximum absolute atomic E-state index is 15.4. The number of nitrogens with one attached hydrogen (secondary N) is 2. The summed E-state index contributed by atoms with van der Waals surface area (Å²) in [6.07, 6.45) is 5.50. The summed E-state index contributed by atoms with van der Waals surface area (Å²) in [6.45, 7) is 6.96. The monoisotopic (exact) mass is 763 g/mol. The minimum Gasteiger partial charge on any atom is -0.453 e. The van der Waals surface area contributed by atoms with Gasteiger partial charge in [-0.1, -0.05) is 18.6 Å². The maximum atomic E-state index is 15.4. The number of hydrogen-bond acceptors (Lipinski definition) is 8. The van der Waals surface area contributed by atoms with Crippen molar-refractivity contribution in [2.75, 3.05) is 71.4 Å². The number of amides is 2. The number of likely N-dealkylation sites (tertiary alicyclic amines) is 2. The van der Waals surface area contributed by atoms with Gasteiger partial charge in [0.15, 0.2) is 0 Å². The van der Waals surface area contributed by atoms with E-state index in [-0.39, 0.29) is 38.9 Å². The Morgan fingerprint density at radius 3 is 2.22 bits per heavy atom. The summed E-state index contributed by atoms with van der Waals surface area (Å²) in [4.78, 5) is 31.2. The molecule has 4 fully saturated rings. The summed E-state index contributed by atoms with van der Waals surface area (Å²) in [5.41, 5.74) is 1.43. The first-order valence-corrected chi connectivity index (χ1v) is 20.7. The molecule has 54 heavy (non-hydrogen) atoms. The van der Waals surface area contributed by atoms with Gasteiger partial charge in [0, 0.05) is 56.2 Å². The fourth-order valence-electron chi connectivity index (χ4n) is 9.59. The first-order valence-electron chi connectivity index (χ1n) is 19.2. The van der Waals surface area contributed by atoms with Gasteiger partial charge >= 0.3 is 6.09 Å². The van der Waals surface area contributed by atoms with Crippen molar-refractivity contribution < 1.29 is 31.5 Å². The van der Waals surface area contributed by atoms with E-state index in [0.29, 0.717) is 36.2 Å². The fraction of sp³-hybridized carbons (Fsp3) is 0.512. The van der Waals surface area contributed by atoms with E-state index in [1.807, 2.05) is 11.0 Å². The lowest BCUT2D eigenvalue weighted by atomic mass is 9.57. The minimum absolute atomic E-state index is 0.00951. The Labute approximate surface area is 317 Å². The average Bonchev–Trinajstić information content (AvgIpc) is 3.61. The van der Waals surface area contributed by atoms with Crippen LogP contribution in [0.3, 0.4) is 0 Å². The zero-order chi connectivity index (χ0) is 38.0. The number of carbonyl (C=O) groups is 2. The number of nitrogens with zero attached hydrogens (tertiary/aromatic N) is 3. The zero-order valence-corrected chi connectivity index (χ0v) is 31.9. The highest BCUT2D eigenvalue weighted by atomic mass is 32.2. The molecule has 3 atom stereocenters. The van der Waals surface area contributed by atoms with Gasteiger partial charge in [-0.15, -0.1) is 0 Å². The van der Waals surface area contributed by atoms with Gasteiger partial charge in [-0.2, -0.15) is 0 Å². The molecule has 0 radical (unpaired) electrons. The van der Waals surface area contributed by atoms with E-state index >= 15 is 4.39 Å². The molecule has 0 spiro atoms. The van der Waals surface area contributed by atoms with Gasteiger partial charge < -0.3 is 30.1 Å². The van der Waals surface area contributed by atoms with Crippen LogP contribution in [0.2, 0.25) is 0 Å². The summed E-state index contributed by atoms with van der Waals surface area (Å²) in [5, 5.41) is 5.66. The fourth-order valence-corrected chi connectivity index (χ4v) is 10.9. The average molecular weight is 764 g/mol. The number of hydrogen-bond donors (Lipinski definition) is 2. The molecule has 3 aromatic rings. The molecule has 3 aliphatic heterocycles. The van der Waals surface area contributed by atoms with E-state index in [0.717, 1.165) is 89.4 Å². The number of carbonyl (C=O) groups excluding carboxylic acids is 2. The van der Waals surface area contributed by atoms with Crippen LogP contribution in [0.15, 0.2) is 76.5 Å². The molecule has 0 bridgehead atoms. The maximum Gasteiger partial charge on any atom is 0.407 e. The smallest absolute Gasteiger partial charge is 0.407 e. The predicted molar refractivity (Wildman–Crippen MR) is 202 cm³/mol. The van der Waals surface area contributed by atoms with E-state index in [4.69, 9.17) is 4.74 Å². The second kappa shape index (κ2) is 16.0. The van der Waals surface area contributed by atoms with Crippen LogP contribution in [0, 0.1) is 29.4 Å². The highest BCUT2D eigenvalue weighted by Gasteiger charge is 2.53. The van der Waals surface area contributed by atoms with Crippen molar-refractivity contribution in [3.8, 4) is 0 Å². The van der Waals surface area contributed by atoms with Crippen molar-refractivity contribution in [3.63, 3.8) is 0 Å². The molecular formula is C41H51F2N5O5S. The van der Waals surface area contributed by atoms with Crippen molar-refractivity contribution in [2.24, 2.45) is 17.8 Å². The van der Waals surface area contributed by atoms with Crippen LogP contribution in [-0.4, -0.2) is 103 Å². The van der Waals surface area contributed by atoms with Crippen LogP contribution in [0.25, 0.3) is 0 Å². The van der Waals surface area contributed by atoms with E-state index in [2.05, 4.69) is 26.5 Å². The molecule has 1 saturated carbocycles. The predicted octanol–water partition coefficient (Wildman–Crippen LogP) is 5.47. The highest BCUT2D eigenvalue weighted by molar-refractivity contribution is 7.91. The molecule has 2 N–H and O–H groups in total. The van der Waals surface area contributed by atoms with Crippen LogP contribution in [0.5, 0.6) is 0 Å². The molecule has 4 aliphatic rings. The summed E-state index contributed by atoms with van der Waals surface area (Å²) < 4.78 is 61.9. The van der Waals surface area contributed by atoms with Crippen molar-refractivity contribution in [2.45, 2.75) is 59.8 Å². The van der Waals surface area contributed by atoms with Crippen molar-refractivity contribution in [1.29, 1.82) is 0 Å². The van der Waals surface area contributed by atoms with Gasteiger partial charge in [0.25, 0.3) is 5.91 Å². The van der Waals surface area contributed by atoms with Gasteiger partial charge in [-0.25, -0.2) is 22.0 Å². The number of halogens is 2. The third kappa shape index (κ3) is 7.59. The largest absolute Gasteiger partial charge is 0.453 e. The van der Waals surface area contributed by atoms with Crippen molar-refractivity contribution in [1.82, 2.24) is 20.4 Å². The summed E-state index contributed by atoms with van der Waals surface area (Å²) >= 11 is 0. The SMILES string of the molecule is CNC(=O)c1ccc(S(=O)(=O)c2ccc(N3CC(CN4CCC([C@@](CN5CCC5)(c5cccc(F)c5)[C@H]5CCC[C@@H]5NC(=O)OC)CC4)C3)c(F)c2)cc1. The number of rotatable bonds is 12. The van der Waals surface area contributed by atoms with Gasteiger partial charge in [0.1, 0.15) is 11.6 Å². The normalized spacial score (nSPS) is 22.6. The van der Waals surface area contributed by atoms with Crippen LogP contribution < -0.4 is 15.5 Å². The van der Waals surface area contributed by atoms with Crippen LogP contribution in [0.4, 0.5) is 19.3 Å². The molecule has 13 heteroatoms. The van der Waals surface area contributed by atoms with Gasteiger partial charge in [0.05, 0.1) is 22.6 Å². The molecule has 3 heterocycles. The van der Waals surface area contributed by atoms with Gasteiger partial charge in [-0.05, 0) is 130 Å². The molecule has 7 rings (SSSR count). The first-order chi connectivity index (χ1) is 26.0. The van der Waals surface area contributed by atoms with Crippen LogP contribution >= 0.6 is 0 Å². The summed E-state index contributed by atoms with van der Waals surface area (Å²) in [5.74, 6) is -0.334. The number of ether oxygens (including phenoxy) is 1. The number of methoxy groups -OCH3 is 1. The van der Waals surface area contributed by atoms with Gasteiger partial charge in [0.2, 0.25) is 9.84 Å². The minimum atomic E-state index is -3.97. The molecule has 290 valence electrons. The van der Waals surface area contributed by atoms with Crippen molar-refractivity contribution in [3.05, 3.63) is 89.5 Å². The Morgan fingerprint density at radius 1 is 0.870 bits per heavy atom. The molecule has 0 unspecified atom stereocenters. The molecular weight excluding hydrogens is 713 g/mol. The van der Waals surface area contributed by atoms with Crippen molar-refractivity contribution >= 4 is 27.5 Å². The van der Waals surface area contributed by atoms with E-state index in [9.17, 15) is 22.4 Å². The Kier molecular flexibility index (Phi) is 11.3. The molecule has 3 saturated heterocycles. The first kappa shape index (κ1) is 38.2. The number of piperidine rings is 1. The second-order valence-corrected chi connectivity index (χ2v) is 17.5. The molecule has 1 aliphatic carbocycles. The number of alkyl carbamates (subject to hydrolysis) is 1. The lowest BCUT2D eigenvalue weighted by Crippen LogP contribution is -2.60. The lowest BCUT2D eigenvalue weighted by Gasteiger charge is -2.54.